The maximum Gasteiger partial charge on any atom is 0.434 e. The topological polar surface area (TPSA) is 94.8 Å². The molecule has 0 bridgehead atoms. The second-order valence-corrected chi connectivity index (χ2v) is 8.53. The number of pyridine rings is 1. The van der Waals surface area contributed by atoms with Crippen molar-refractivity contribution >= 4 is 17.6 Å². The van der Waals surface area contributed by atoms with Gasteiger partial charge >= 0.3 is 12.1 Å². The van der Waals surface area contributed by atoms with E-state index >= 15 is 0 Å². The van der Waals surface area contributed by atoms with Gasteiger partial charge in [0.25, 0.3) is 0 Å². The van der Waals surface area contributed by atoms with Crippen LogP contribution in [0.15, 0.2) is 61.2 Å². The zero-order valence-electron chi connectivity index (χ0n) is 19.4. The van der Waals surface area contributed by atoms with E-state index in [1.165, 1.54) is 18.0 Å². The van der Waals surface area contributed by atoms with Crippen LogP contribution >= 0.6 is 0 Å². The van der Waals surface area contributed by atoms with Crippen LogP contribution in [-0.2, 0) is 28.2 Å². The van der Waals surface area contributed by atoms with Gasteiger partial charge in [0.1, 0.15) is 5.82 Å². The normalized spacial score (nSPS) is 14.4. The van der Waals surface area contributed by atoms with Crippen molar-refractivity contribution < 1.29 is 22.7 Å². The number of ether oxygens (including phenoxy) is 1. The minimum absolute atomic E-state index is 0.0632. The van der Waals surface area contributed by atoms with E-state index in [-0.39, 0.29) is 11.8 Å². The zero-order valence-corrected chi connectivity index (χ0v) is 19.4. The molecule has 0 radical (unpaired) electrons. The van der Waals surface area contributed by atoms with Gasteiger partial charge in [0.05, 0.1) is 42.4 Å². The van der Waals surface area contributed by atoms with Crippen molar-refractivity contribution in [2.24, 2.45) is 7.05 Å². The molecule has 0 spiro atoms. The summed E-state index contributed by atoms with van der Waals surface area (Å²) in [6.07, 6.45) is 2.11. The van der Waals surface area contributed by atoms with E-state index in [2.05, 4.69) is 25.4 Å². The molecule has 0 atom stereocenters. The van der Waals surface area contributed by atoms with E-state index in [1.54, 1.807) is 25.5 Å². The molecule has 8 nitrogen and oxygen atoms in total. The summed E-state index contributed by atoms with van der Waals surface area (Å²) in [4.78, 5) is 23.9. The number of methoxy groups -OCH3 is 1. The van der Waals surface area contributed by atoms with E-state index in [1.807, 2.05) is 30.3 Å². The molecule has 184 valence electrons. The first kappa shape index (κ1) is 23.5. The van der Waals surface area contributed by atoms with Gasteiger partial charge in [0.2, 0.25) is 0 Å². The van der Waals surface area contributed by atoms with Crippen LogP contribution in [0, 0.1) is 0 Å². The minimum atomic E-state index is -4.60. The van der Waals surface area contributed by atoms with Gasteiger partial charge in [-0.2, -0.15) is 18.3 Å². The largest absolute Gasteiger partial charge is 0.468 e. The molecule has 3 aromatic heterocycles. The zero-order chi connectivity index (χ0) is 25.5. The van der Waals surface area contributed by atoms with Crippen molar-refractivity contribution in [2.75, 3.05) is 12.4 Å². The second-order valence-electron chi connectivity index (χ2n) is 8.53. The highest BCUT2D eigenvalue weighted by molar-refractivity contribution is 5.86. The number of rotatable bonds is 6. The smallest absolute Gasteiger partial charge is 0.434 e. The van der Waals surface area contributed by atoms with E-state index in [9.17, 15) is 18.0 Å². The number of nitrogens with one attached hydrogen (secondary N) is 1. The number of aryl methyl sites for hydroxylation is 1. The summed E-state index contributed by atoms with van der Waals surface area (Å²) in [5.41, 5.74) is 2.29. The Morgan fingerprint density at radius 1 is 1.03 bits per heavy atom. The molecule has 0 aliphatic heterocycles. The van der Waals surface area contributed by atoms with Crippen LogP contribution in [0.4, 0.5) is 24.8 Å². The maximum absolute atomic E-state index is 13.0. The van der Waals surface area contributed by atoms with Crippen LogP contribution in [-0.4, -0.2) is 37.8 Å². The number of alkyl halides is 3. The number of esters is 1. The van der Waals surface area contributed by atoms with Crippen molar-refractivity contribution in [3.8, 4) is 22.4 Å². The fraction of sp³-hybridized carbons (Fsp3) is 0.240. The lowest BCUT2D eigenvalue weighted by Gasteiger charge is -2.13. The number of carbonyl (C=O) groups excluding carboxylic acids is 1. The van der Waals surface area contributed by atoms with Gasteiger partial charge < -0.3 is 10.1 Å². The summed E-state index contributed by atoms with van der Waals surface area (Å²) in [7, 11) is 3.06. The molecule has 11 heteroatoms. The third-order valence-electron chi connectivity index (χ3n) is 6.25. The first-order valence-corrected chi connectivity index (χ1v) is 11.1. The molecular formula is C25H21F3N6O2. The van der Waals surface area contributed by atoms with E-state index in [4.69, 9.17) is 4.74 Å². The number of halogens is 3. The fourth-order valence-electron chi connectivity index (χ4n) is 4.09. The van der Waals surface area contributed by atoms with Gasteiger partial charge in [0.15, 0.2) is 11.5 Å². The average Bonchev–Trinajstić information content (AvgIpc) is 3.62. The molecule has 0 unspecified atom stereocenters. The Bertz CT molecular complexity index is 1410. The number of carbonyl (C=O) groups is 1. The maximum atomic E-state index is 13.0. The Morgan fingerprint density at radius 3 is 2.36 bits per heavy atom. The Hall–Kier alpha value is -4.28. The van der Waals surface area contributed by atoms with Crippen LogP contribution in [0.1, 0.15) is 24.1 Å². The predicted molar refractivity (Wildman–Crippen MR) is 125 cm³/mol. The Kier molecular flexibility index (Phi) is 5.70. The molecule has 1 aromatic carbocycles. The number of aromatic nitrogens is 5. The summed E-state index contributed by atoms with van der Waals surface area (Å²) in [6, 6.07) is 11.5. The summed E-state index contributed by atoms with van der Waals surface area (Å²) >= 11 is 0. The summed E-state index contributed by atoms with van der Waals surface area (Å²) in [6.45, 7) is 0. The number of nitrogens with zero attached hydrogens (tertiary/aromatic N) is 5. The Balaban J connectivity index is 1.38. The monoisotopic (exact) mass is 494 g/mol. The number of anilines is 2. The highest BCUT2D eigenvalue weighted by Gasteiger charge is 2.52. The summed E-state index contributed by atoms with van der Waals surface area (Å²) < 4.78 is 45.5. The lowest BCUT2D eigenvalue weighted by atomic mass is 9.94. The molecule has 0 amide bonds. The van der Waals surface area contributed by atoms with Crippen LogP contribution in [0.5, 0.6) is 0 Å². The van der Waals surface area contributed by atoms with E-state index in [0.29, 0.717) is 23.3 Å². The second kappa shape index (κ2) is 8.74. The minimum Gasteiger partial charge on any atom is -0.468 e. The fourth-order valence-corrected chi connectivity index (χ4v) is 4.09. The average molecular weight is 494 g/mol. The van der Waals surface area contributed by atoms with Gasteiger partial charge in [-0.15, -0.1) is 0 Å². The van der Waals surface area contributed by atoms with Gasteiger partial charge in [-0.25, -0.2) is 4.98 Å². The molecule has 1 saturated carbocycles. The van der Waals surface area contributed by atoms with Gasteiger partial charge in [-0.3, -0.25) is 19.4 Å². The third-order valence-corrected chi connectivity index (χ3v) is 6.25. The SMILES string of the molecule is COC(=O)C1(c2ccc(-c3ccc(-c4cnn(C)c4Nc4cncc(C(F)(F)F)n4)nc3)cc2)CC1. The predicted octanol–water partition coefficient (Wildman–Crippen LogP) is 4.91. The van der Waals surface area contributed by atoms with Crippen molar-refractivity contribution in [2.45, 2.75) is 24.4 Å². The molecule has 1 aliphatic carbocycles. The van der Waals surface area contributed by atoms with Crippen LogP contribution in [0.2, 0.25) is 0 Å². The van der Waals surface area contributed by atoms with Gasteiger partial charge in [-0.1, -0.05) is 30.3 Å². The molecule has 1 aliphatic rings. The van der Waals surface area contributed by atoms with Gasteiger partial charge in [0, 0.05) is 18.8 Å². The third kappa shape index (κ3) is 4.28. The van der Waals surface area contributed by atoms with Crippen molar-refractivity contribution in [1.29, 1.82) is 0 Å². The Morgan fingerprint density at radius 2 is 1.75 bits per heavy atom. The molecule has 1 fully saturated rings. The number of hydrogen-bond acceptors (Lipinski definition) is 7. The Labute approximate surface area is 204 Å². The van der Waals surface area contributed by atoms with Crippen molar-refractivity contribution in [3.05, 3.63) is 72.4 Å². The van der Waals surface area contributed by atoms with E-state index < -0.39 is 17.3 Å². The lowest BCUT2D eigenvalue weighted by molar-refractivity contribution is -0.143. The first-order chi connectivity index (χ1) is 17.2. The standard InChI is InChI=1S/C25H21F3N6O2/c1-34-22(33-21-14-29-13-20(32-21)25(26,27)28)18(12-31-34)19-8-5-16(11-30-19)15-3-6-17(7-4-15)24(9-10-24)23(35)36-2/h3-8,11-14H,9-10H2,1-2H3,(H,32,33). The quantitative estimate of drug-likeness (QED) is 0.381. The van der Waals surface area contributed by atoms with Crippen LogP contribution < -0.4 is 5.32 Å². The molecule has 0 saturated heterocycles. The number of hydrogen-bond donors (Lipinski definition) is 1. The van der Waals surface area contributed by atoms with Crippen LogP contribution in [0.3, 0.4) is 0 Å². The summed E-state index contributed by atoms with van der Waals surface area (Å²) in [5.74, 6) is 0.149. The first-order valence-electron chi connectivity index (χ1n) is 11.1. The molecule has 3 heterocycles. The van der Waals surface area contributed by atoms with Crippen molar-refractivity contribution in [1.82, 2.24) is 24.7 Å². The molecule has 4 aromatic rings. The molecular weight excluding hydrogens is 473 g/mol. The van der Waals surface area contributed by atoms with Gasteiger partial charge in [-0.05, 0) is 30.0 Å². The molecule has 36 heavy (non-hydrogen) atoms. The number of benzene rings is 1. The molecule has 1 N–H and O–H groups in total. The highest BCUT2D eigenvalue weighted by Crippen LogP contribution is 2.49. The van der Waals surface area contributed by atoms with Crippen LogP contribution in [0.25, 0.3) is 22.4 Å². The molecule has 5 rings (SSSR count). The van der Waals surface area contributed by atoms with Crippen molar-refractivity contribution in [3.63, 3.8) is 0 Å². The lowest BCUT2D eigenvalue weighted by Crippen LogP contribution is -2.21. The summed E-state index contributed by atoms with van der Waals surface area (Å²) in [5, 5.41) is 7.07. The highest BCUT2D eigenvalue weighted by atomic mass is 19.4. The van der Waals surface area contributed by atoms with E-state index in [0.717, 1.165) is 29.5 Å².